The Bertz CT molecular complexity index is 677. The number of halogens is 2. The number of rotatable bonds is 8. The Kier molecular flexibility index (Phi) is 6.88. The summed E-state index contributed by atoms with van der Waals surface area (Å²) < 4.78 is 18.0. The van der Waals surface area contributed by atoms with Gasteiger partial charge in [-0.2, -0.15) is 0 Å². The number of nitrogens with one attached hydrogen (secondary N) is 2. The first kappa shape index (κ1) is 18.1. The highest BCUT2D eigenvalue weighted by atomic mass is 35.5. The molecule has 0 aromatic heterocycles. The second kappa shape index (κ2) is 9.13. The van der Waals surface area contributed by atoms with E-state index in [0.717, 1.165) is 11.3 Å². The van der Waals surface area contributed by atoms with Crippen LogP contribution in [0.25, 0.3) is 0 Å². The Morgan fingerprint density at radius 3 is 2.62 bits per heavy atom. The lowest BCUT2D eigenvalue weighted by Crippen LogP contribution is -2.27. The molecule has 1 amide bonds. The van der Waals surface area contributed by atoms with E-state index in [-0.39, 0.29) is 11.7 Å². The summed E-state index contributed by atoms with van der Waals surface area (Å²) in [7, 11) is 1.58. The Balaban J connectivity index is 1.70. The summed E-state index contributed by atoms with van der Waals surface area (Å²) in [6.45, 7) is 0.990. The van der Waals surface area contributed by atoms with Crippen molar-refractivity contribution in [3.8, 4) is 5.75 Å². The predicted octanol–water partition coefficient (Wildman–Crippen LogP) is 3.65. The minimum absolute atomic E-state index is 0.0504. The van der Waals surface area contributed by atoms with Crippen LogP contribution in [0, 0.1) is 5.82 Å². The monoisotopic (exact) mass is 350 g/mol. The smallest absolute Gasteiger partial charge is 0.221 e. The Hall–Kier alpha value is -2.27. The standard InChI is InChI=1S/C18H20ClFN2O2/c1-24-17-7-4-14(19)12-16(17)21-11-9-18(23)22-10-8-13-2-5-15(20)6-3-13/h2-7,12,21H,8-11H2,1H3,(H,22,23). The molecule has 0 aliphatic heterocycles. The fourth-order valence-corrected chi connectivity index (χ4v) is 2.39. The lowest BCUT2D eigenvalue weighted by Gasteiger charge is -2.11. The minimum Gasteiger partial charge on any atom is -0.495 e. The second-order valence-corrected chi connectivity index (χ2v) is 5.68. The molecule has 0 atom stereocenters. The van der Waals surface area contributed by atoms with Gasteiger partial charge in [-0.25, -0.2) is 4.39 Å². The van der Waals surface area contributed by atoms with Gasteiger partial charge in [-0.05, 0) is 42.3 Å². The van der Waals surface area contributed by atoms with Crippen LogP contribution in [-0.2, 0) is 11.2 Å². The molecule has 2 N–H and O–H groups in total. The fourth-order valence-electron chi connectivity index (χ4n) is 2.21. The topological polar surface area (TPSA) is 50.4 Å². The van der Waals surface area contributed by atoms with Crippen LogP contribution in [0.15, 0.2) is 42.5 Å². The number of carbonyl (C=O) groups excluding carboxylic acids is 1. The third-order valence-electron chi connectivity index (χ3n) is 3.48. The number of hydrogen-bond acceptors (Lipinski definition) is 3. The van der Waals surface area contributed by atoms with Crippen LogP contribution in [0.4, 0.5) is 10.1 Å². The van der Waals surface area contributed by atoms with Crippen LogP contribution in [-0.4, -0.2) is 26.1 Å². The predicted molar refractivity (Wildman–Crippen MR) is 94.2 cm³/mol. The number of hydrogen-bond donors (Lipinski definition) is 2. The van der Waals surface area contributed by atoms with Crippen LogP contribution in [0.1, 0.15) is 12.0 Å². The Labute approximate surface area is 146 Å². The molecule has 2 rings (SSSR count). The van der Waals surface area contributed by atoms with Crippen molar-refractivity contribution in [2.24, 2.45) is 0 Å². The van der Waals surface area contributed by atoms with Gasteiger partial charge in [0.2, 0.25) is 5.91 Å². The summed E-state index contributed by atoms with van der Waals surface area (Å²) in [5.41, 5.74) is 1.74. The summed E-state index contributed by atoms with van der Waals surface area (Å²) in [6.07, 6.45) is 1.00. The molecule has 0 saturated carbocycles. The number of benzene rings is 2. The number of ether oxygens (including phenoxy) is 1. The van der Waals surface area contributed by atoms with Crippen LogP contribution in [0.3, 0.4) is 0 Å². The molecule has 2 aromatic carbocycles. The number of carbonyl (C=O) groups is 1. The molecule has 0 unspecified atom stereocenters. The van der Waals surface area contributed by atoms with Crippen LogP contribution < -0.4 is 15.4 Å². The maximum absolute atomic E-state index is 12.8. The summed E-state index contributed by atoms with van der Waals surface area (Å²) in [6, 6.07) is 11.5. The molecular weight excluding hydrogens is 331 g/mol. The van der Waals surface area contributed by atoms with Gasteiger partial charge >= 0.3 is 0 Å². The van der Waals surface area contributed by atoms with Gasteiger partial charge in [0.15, 0.2) is 0 Å². The molecule has 6 heteroatoms. The molecule has 0 fully saturated rings. The minimum atomic E-state index is -0.259. The van der Waals surface area contributed by atoms with Crippen LogP contribution in [0.5, 0.6) is 5.75 Å². The van der Waals surface area contributed by atoms with Crippen molar-refractivity contribution in [2.45, 2.75) is 12.8 Å². The molecule has 0 radical (unpaired) electrons. The van der Waals surface area contributed by atoms with E-state index in [2.05, 4.69) is 10.6 Å². The number of amides is 1. The van der Waals surface area contributed by atoms with E-state index in [4.69, 9.17) is 16.3 Å². The van der Waals surface area contributed by atoms with E-state index >= 15 is 0 Å². The molecule has 0 heterocycles. The van der Waals surface area contributed by atoms with Crippen LogP contribution >= 0.6 is 11.6 Å². The van der Waals surface area contributed by atoms with Crippen molar-refractivity contribution in [3.63, 3.8) is 0 Å². The molecule has 0 aliphatic rings. The highest BCUT2D eigenvalue weighted by Gasteiger charge is 2.05. The maximum atomic E-state index is 12.8. The van der Waals surface area contributed by atoms with Gasteiger partial charge in [-0.3, -0.25) is 4.79 Å². The van der Waals surface area contributed by atoms with Gasteiger partial charge < -0.3 is 15.4 Å². The Morgan fingerprint density at radius 1 is 1.17 bits per heavy atom. The summed E-state index contributed by atoms with van der Waals surface area (Å²) in [4.78, 5) is 11.8. The molecule has 24 heavy (non-hydrogen) atoms. The third kappa shape index (κ3) is 5.74. The van der Waals surface area contributed by atoms with Crippen molar-refractivity contribution >= 4 is 23.2 Å². The largest absolute Gasteiger partial charge is 0.495 e. The first-order chi connectivity index (χ1) is 11.6. The van der Waals surface area contributed by atoms with Gasteiger partial charge in [0.25, 0.3) is 0 Å². The number of methoxy groups -OCH3 is 1. The lowest BCUT2D eigenvalue weighted by molar-refractivity contribution is -0.120. The second-order valence-electron chi connectivity index (χ2n) is 5.25. The molecular formula is C18H20ClFN2O2. The molecule has 0 saturated heterocycles. The first-order valence-electron chi connectivity index (χ1n) is 7.67. The zero-order valence-electron chi connectivity index (χ0n) is 13.4. The molecule has 128 valence electrons. The van der Waals surface area contributed by atoms with Gasteiger partial charge in [-0.1, -0.05) is 23.7 Å². The van der Waals surface area contributed by atoms with E-state index in [0.29, 0.717) is 36.7 Å². The van der Waals surface area contributed by atoms with E-state index in [1.54, 1.807) is 37.4 Å². The summed E-state index contributed by atoms with van der Waals surface area (Å²) >= 11 is 5.95. The number of anilines is 1. The zero-order valence-corrected chi connectivity index (χ0v) is 14.2. The van der Waals surface area contributed by atoms with E-state index in [1.165, 1.54) is 12.1 Å². The lowest BCUT2D eigenvalue weighted by atomic mass is 10.1. The third-order valence-corrected chi connectivity index (χ3v) is 3.71. The van der Waals surface area contributed by atoms with Crippen molar-refractivity contribution in [1.29, 1.82) is 0 Å². The highest BCUT2D eigenvalue weighted by molar-refractivity contribution is 6.30. The van der Waals surface area contributed by atoms with Crippen molar-refractivity contribution in [3.05, 3.63) is 58.9 Å². The van der Waals surface area contributed by atoms with Gasteiger partial charge in [0.1, 0.15) is 11.6 Å². The normalized spacial score (nSPS) is 10.3. The van der Waals surface area contributed by atoms with E-state index in [1.807, 2.05) is 0 Å². The summed E-state index contributed by atoms with van der Waals surface area (Å²) in [5.74, 6) is 0.368. The first-order valence-corrected chi connectivity index (χ1v) is 8.05. The SMILES string of the molecule is COc1ccc(Cl)cc1NCCC(=O)NCCc1ccc(F)cc1. The maximum Gasteiger partial charge on any atom is 0.221 e. The zero-order chi connectivity index (χ0) is 17.4. The molecule has 4 nitrogen and oxygen atoms in total. The molecule has 0 bridgehead atoms. The molecule has 0 aliphatic carbocycles. The van der Waals surface area contributed by atoms with Gasteiger partial charge in [0, 0.05) is 24.5 Å². The van der Waals surface area contributed by atoms with Crippen molar-refractivity contribution in [2.75, 3.05) is 25.5 Å². The Morgan fingerprint density at radius 2 is 1.92 bits per heavy atom. The van der Waals surface area contributed by atoms with E-state index in [9.17, 15) is 9.18 Å². The molecule has 2 aromatic rings. The van der Waals surface area contributed by atoms with E-state index < -0.39 is 0 Å². The van der Waals surface area contributed by atoms with Crippen molar-refractivity contribution < 1.29 is 13.9 Å². The van der Waals surface area contributed by atoms with Crippen LogP contribution in [0.2, 0.25) is 5.02 Å². The average molecular weight is 351 g/mol. The summed E-state index contributed by atoms with van der Waals surface area (Å²) in [5, 5.41) is 6.58. The van der Waals surface area contributed by atoms with Gasteiger partial charge in [0.05, 0.1) is 12.8 Å². The van der Waals surface area contributed by atoms with Crippen molar-refractivity contribution in [1.82, 2.24) is 5.32 Å². The quantitative estimate of drug-likeness (QED) is 0.764. The average Bonchev–Trinajstić information content (AvgIpc) is 2.57. The fraction of sp³-hybridized carbons (Fsp3) is 0.278. The van der Waals surface area contributed by atoms with Gasteiger partial charge in [-0.15, -0.1) is 0 Å². The highest BCUT2D eigenvalue weighted by Crippen LogP contribution is 2.27. The molecule has 0 spiro atoms.